The Bertz CT molecular complexity index is 767. The van der Waals surface area contributed by atoms with Gasteiger partial charge in [-0.1, -0.05) is 13.8 Å². The number of carbonyl (C=O) groups excluding carboxylic acids is 2. The number of hydrogen-bond donors (Lipinski definition) is 2. The molecule has 30 heavy (non-hydrogen) atoms. The Kier molecular flexibility index (Phi) is 7.69. The summed E-state index contributed by atoms with van der Waals surface area (Å²) < 4.78 is 7.04. The molecule has 1 aromatic rings. The molecule has 1 unspecified atom stereocenters. The second-order valence-corrected chi connectivity index (χ2v) is 8.76. The van der Waals surface area contributed by atoms with E-state index < -0.39 is 11.7 Å². The number of aromatic nitrogens is 2. The zero-order valence-corrected chi connectivity index (χ0v) is 19.1. The fraction of sp³-hybridized carbons (Fsp3) is 0.700. The molecule has 10 nitrogen and oxygen atoms in total. The van der Waals surface area contributed by atoms with Crippen LogP contribution in [0.15, 0.2) is 17.4 Å². The number of rotatable bonds is 5. The van der Waals surface area contributed by atoms with E-state index in [1.807, 2.05) is 52.8 Å². The van der Waals surface area contributed by atoms with Crippen LogP contribution in [0.3, 0.4) is 0 Å². The quantitative estimate of drug-likeness (QED) is 0.547. The average molecular weight is 422 g/mol. The van der Waals surface area contributed by atoms with Gasteiger partial charge in [-0.15, -0.1) is 0 Å². The van der Waals surface area contributed by atoms with E-state index >= 15 is 0 Å². The van der Waals surface area contributed by atoms with Gasteiger partial charge in [-0.2, -0.15) is 5.10 Å². The van der Waals surface area contributed by atoms with E-state index in [4.69, 9.17) is 4.74 Å². The molecule has 1 atom stereocenters. The lowest BCUT2D eigenvalue weighted by molar-refractivity contribution is -0.120. The van der Waals surface area contributed by atoms with Gasteiger partial charge >= 0.3 is 6.09 Å². The number of piperazine rings is 1. The molecule has 0 radical (unpaired) electrons. The van der Waals surface area contributed by atoms with E-state index in [0.717, 1.165) is 5.69 Å². The maximum atomic E-state index is 12.7. The van der Waals surface area contributed by atoms with Gasteiger partial charge in [-0.3, -0.25) is 14.5 Å². The second-order valence-electron chi connectivity index (χ2n) is 8.76. The lowest BCUT2D eigenvalue weighted by Crippen LogP contribution is -2.57. The first-order valence-electron chi connectivity index (χ1n) is 10.2. The van der Waals surface area contributed by atoms with Crippen molar-refractivity contribution in [3.05, 3.63) is 12.4 Å². The SMILES string of the molecule is CN=C(NCC(NC(=O)OC(C)(C)C)C(C)C)N1CCN(c2cnn(C)c2)C(=O)C1. The van der Waals surface area contributed by atoms with Crippen LogP contribution in [0.2, 0.25) is 0 Å². The molecule has 2 amide bonds. The predicted octanol–water partition coefficient (Wildman–Crippen LogP) is 1.19. The fourth-order valence-electron chi connectivity index (χ4n) is 3.12. The van der Waals surface area contributed by atoms with Gasteiger partial charge in [0.05, 0.1) is 17.9 Å². The monoisotopic (exact) mass is 421 g/mol. The summed E-state index contributed by atoms with van der Waals surface area (Å²) in [4.78, 5) is 32.8. The molecule has 168 valence electrons. The van der Waals surface area contributed by atoms with Crippen LogP contribution >= 0.6 is 0 Å². The molecule has 1 saturated heterocycles. The molecule has 0 aromatic carbocycles. The number of nitrogens with one attached hydrogen (secondary N) is 2. The molecule has 10 heteroatoms. The van der Waals surface area contributed by atoms with Gasteiger partial charge in [0.25, 0.3) is 0 Å². The maximum Gasteiger partial charge on any atom is 0.407 e. The van der Waals surface area contributed by atoms with Gasteiger partial charge in [0.2, 0.25) is 5.91 Å². The summed E-state index contributed by atoms with van der Waals surface area (Å²) in [5, 5.41) is 10.3. The van der Waals surface area contributed by atoms with Crippen LogP contribution in [0.5, 0.6) is 0 Å². The van der Waals surface area contributed by atoms with Crippen molar-refractivity contribution in [2.45, 2.75) is 46.3 Å². The smallest absolute Gasteiger partial charge is 0.407 e. The lowest BCUT2D eigenvalue weighted by Gasteiger charge is -2.36. The first kappa shape index (κ1) is 23.5. The highest BCUT2D eigenvalue weighted by molar-refractivity contribution is 5.98. The summed E-state index contributed by atoms with van der Waals surface area (Å²) in [6.07, 6.45) is 3.07. The van der Waals surface area contributed by atoms with E-state index in [2.05, 4.69) is 20.7 Å². The zero-order valence-electron chi connectivity index (χ0n) is 19.1. The van der Waals surface area contributed by atoms with Crippen LogP contribution in [0.1, 0.15) is 34.6 Å². The van der Waals surface area contributed by atoms with Gasteiger partial charge in [-0.25, -0.2) is 4.79 Å². The third-order valence-electron chi connectivity index (χ3n) is 4.72. The van der Waals surface area contributed by atoms with Crippen LogP contribution in [0.25, 0.3) is 0 Å². The van der Waals surface area contributed by atoms with Crippen molar-refractivity contribution >= 4 is 23.6 Å². The number of aliphatic imine (C=N–C) groups is 1. The topological polar surface area (TPSA) is 104 Å². The van der Waals surface area contributed by atoms with Crippen LogP contribution in [-0.4, -0.2) is 77.5 Å². The number of nitrogens with zero attached hydrogens (tertiary/aromatic N) is 5. The van der Waals surface area contributed by atoms with E-state index in [1.54, 1.807) is 22.8 Å². The Labute approximate surface area is 178 Å². The fourth-order valence-corrected chi connectivity index (χ4v) is 3.12. The van der Waals surface area contributed by atoms with Gasteiger partial charge in [0.15, 0.2) is 5.96 Å². The van der Waals surface area contributed by atoms with Crippen LogP contribution in [0.4, 0.5) is 10.5 Å². The van der Waals surface area contributed by atoms with Crippen molar-refractivity contribution < 1.29 is 14.3 Å². The van der Waals surface area contributed by atoms with Gasteiger partial charge in [0, 0.05) is 39.9 Å². The summed E-state index contributed by atoms with van der Waals surface area (Å²) in [5.74, 6) is 0.808. The van der Waals surface area contributed by atoms with Crippen molar-refractivity contribution in [3.63, 3.8) is 0 Å². The van der Waals surface area contributed by atoms with Gasteiger partial charge in [-0.05, 0) is 26.7 Å². The molecule has 1 fully saturated rings. The van der Waals surface area contributed by atoms with Crippen LogP contribution in [-0.2, 0) is 16.6 Å². The number of alkyl carbamates (subject to hydrolysis) is 1. The normalized spacial score (nSPS) is 16.7. The summed E-state index contributed by atoms with van der Waals surface area (Å²) in [6.45, 7) is 11.4. The van der Waals surface area contributed by atoms with E-state index in [1.165, 1.54) is 0 Å². The maximum absolute atomic E-state index is 12.7. The standard InChI is InChI=1S/C20H35N7O3/c1-14(2)16(24-19(29)30-20(3,4)5)11-22-18(21-6)26-8-9-27(17(28)13-26)15-10-23-25(7)12-15/h10,12,14,16H,8-9,11,13H2,1-7H3,(H,21,22)(H,24,29). The van der Waals surface area contributed by atoms with Crippen molar-refractivity contribution in [1.82, 2.24) is 25.3 Å². The Hall–Kier alpha value is -2.78. The number of aryl methyl sites for hydroxylation is 1. The Morgan fingerprint density at radius 3 is 2.53 bits per heavy atom. The summed E-state index contributed by atoms with van der Waals surface area (Å²) in [6, 6.07) is -0.149. The molecule has 0 saturated carbocycles. The third-order valence-corrected chi connectivity index (χ3v) is 4.72. The van der Waals surface area contributed by atoms with Crippen molar-refractivity contribution in [1.29, 1.82) is 0 Å². The van der Waals surface area contributed by atoms with E-state index in [0.29, 0.717) is 25.6 Å². The van der Waals surface area contributed by atoms with Crippen LogP contribution in [0, 0.1) is 5.92 Å². The van der Waals surface area contributed by atoms with E-state index in [-0.39, 0.29) is 24.4 Å². The number of guanidine groups is 1. The van der Waals surface area contributed by atoms with Gasteiger partial charge in [0.1, 0.15) is 12.1 Å². The van der Waals surface area contributed by atoms with Crippen molar-refractivity contribution in [2.24, 2.45) is 18.0 Å². The molecule has 2 heterocycles. The summed E-state index contributed by atoms with van der Waals surface area (Å²) in [7, 11) is 3.51. The lowest BCUT2D eigenvalue weighted by atomic mass is 10.0. The Morgan fingerprint density at radius 2 is 2.03 bits per heavy atom. The number of carbonyl (C=O) groups is 2. The largest absolute Gasteiger partial charge is 0.444 e. The van der Waals surface area contributed by atoms with Crippen LogP contribution < -0.4 is 15.5 Å². The van der Waals surface area contributed by atoms with Crippen molar-refractivity contribution in [3.8, 4) is 0 Å². The number of ether oxygens (including phenoxy) is 1. The minimum atomic E-state index is -0.552. The number of anilines is 1. The molecule has 1 aliphatic heterocycles. The molecule has 1 aromatic heterocycles. The summed E-state index contributed by atoms with van der Waals surface area (Å²) >= 11 is 0. The second kappa shape index (κ2) is 9.82. The molecule has 0 spiro atoms. The van der Waals surface area contributed by atoms with Gasteiger partial charge < -0.3 is 25.2 Å². The molecule has 1 aliphatic rings. The highest BCUT2D eigenvalue weighted by atomic mass is 16.6. The first-order valence-corrected chi connectivity index (χ1v) is 10.2. The van der Waals surface area contributed by atoms with E-state index in [9.17, 15) is 9.59 Å². The molecule has 2 N–H and O–H groups in total. The number of amides is 2. The predicted molar refractivity (Wildman–Crippen MR) is 116 cm³/mol. The highest BCUT2D eigenvalue weighted by Crippen LogP contribution is 2.16. The highest BCUT2D eigenvalue weighted by Gasteiger charge is 2.28. The summed E-state index contributed by atoms with van der Waals surface area (Å²) in [5.41, 5.74) is 0.246. The number of hydrogen-bond acceptors (Lipinski definition) is 5. The molecular formula is C20H35N7O3. The molecule has 2 rings (SSSR count). The first-order chi connectivity index (χ1) is 14.0. The molecule has 0 aliphatic carbocycles. The minimum absolute atomic E-state index is 0.00973. The Morgan fingerprint density at radius 1 is 1.33 bits per heavy atom. The molecule has 0 bridgehead atoms. The minimum Gasteiger partial charge on any atom is -0.444 e. The average Bonchev–Trinajstić information content (AvgIpc) is 3.05. The molecular weight excluding hydrogens is 386 g/mol. The third kappa shape index (κ3) is 6.64. The zero-order chi connectivity index (χ0) is 22.5. The Balaban J connectivity index is 1.93. The van der Waals surface area contributed by atoms with Crippen molar-refractivity contribution in [2.75, 3.05) is 38.1 Å².